The molecule has 0 spiro atoms. The van der Waals surface area contributed by atoms with Crippen molar-refractivity contribution in [1.82, 2.24) is 10.2 Å². The summed E-state index contributed by atoms with van der Waals surface area (Å²) in [5.41, 5.74) is 0. The van der Waals surface area contributed by atoms with Gasteiger partial charge in [0, 0.05) is 32.5 Å². The quantitative estimate of drug-likeness (QED) is 0.738. The molecule has 0 bridgehead atoms. The van der Waals surface area contributed by atoms with Crippen molar-refractivity contribution in [2.24, 2.45) is 5.92 Å². The molecule has 1 fully saturated rings. The van der Waals surface area contributed by atoms with Crippen molar-refractivity contribution in [2.75, 3.05) is 19.6 Å². The second-order valence-electron chi connectivity index (χ2n) is 4.98. The second-order valence-corrected chi connectivity index (χ2v) is 4.98. The van der Waals surface area contributed by atoms with Crippen molar-refractivity contribution < 1.29 is 27.9 Å². The molecule has 2 amide bonds. The molecular formula is C12H19F3N2O3. The van der Waals surface area contributed by atoms with E-state index in [4.69, 9.17) is 5.11 Å². The Balaban J connectivity index is 2.17. The van der Waals surface area contributed by atoms with E-state index in [0.29, 0.717) is 19.5 Å². The lowest BCUT2D eigenvalue weighted by Gasteiger charge is -2.17. The van der Waals surface area contributed by atoms with E-state index in [1.165, 1.54) is 4.90 Å². The summed E-state index contributed by atoms with van der Waals surface area (Å²) in [6.45, 7) is 0.989. The molecule has 1 aliphatic rings. The van der Waals surface area contributed by atoms with Crippen LogP contribution in [0.2, 0.25) is 0 Å². The van der Waals surface area contributed by atoms with Crippen LogP contribution in [0.5, 0.6) is 0 Å². The van der Waals surface area contributed by atoms with E-state index in [1.807, 2.05) is 0 Å². The van der Waals surface area contributed by atoms with Crippen LogP contribution in [-0.4, -0.2) is 47.8 Å². The van der Waals surface area contributed by atoms with Gasteiger partial charge in [-0.15, -0.1) is 0 Å². The normalized spacial score (nSPS) is 19.1. The molecule has 1 heterocycles. The minimum Gasteiger partial charge on any atom is -0.481 e. The number of amides is 2. The highest BCUT2D eigenvalue weighted by Crippen LogP contribution is 2.22. The number of carboxylic acid groups (broad SMARTS) is 1. The number of likely N-dealkylation sites (tertiary alicyclic amines) is 1. The molecule has 5 nitrogen and oxygen atoms in total. The Morgan fingerprint density at radius 3 is 2.65 bits per heavy atom. The number of carbonyl (C=O) groups is 2. The van der Waals surface area contributed by atoms with Crippen LogP contribution in [0, 0.1) is 5.92 Å². The van der Waals surface area contributed by atoms with Gasteiger partial charge in [0.15, 0.2) is 0 Å². The van der Waals surface area contributed by atoms with Gasteiger partial charge < -0.3 is 15.3 Å². The first kappa shape index (κ1) is 16.6. The van der Waals surface area contributed by atoms with E-state index in [9.17, 15) is 22.8 Å². The lowest BCUT2D eigenvalue weighted by atomic mass is 10.0. The van der Waals surface area contributed by atoms with Gasteiger partial charge in [0.2, 0.25) is 0 Å². The van der Waals surface area contributed by atoms with Crippen LogP contribution in [0.25, 0.3) is 0 Å². The summed E-state index contributed by atoms with van der Waals surface area (Å²) in [6, 6.07) is -0.370. The average Bonchev–Trinajstić information content (AvgIpc) is 2.79. The van der Waals surface area contributed by atoms with Crippen LogP contribution in [0.3, 0.4) is 0 Å². The first-order valence-corrected chi connectivity index (χ1v) is 6.59. The van der Waals surface area contributed by atoms with Crippen molar-refractivity contribution in [3.8, 4) is 0 Å². The van der Waals surface area contributed by atoms with Gasteiger partial charge in [-0.1, -0.05) is 0 Å². The Kier molecular flexibility index (Phi) is 6.09. The number of hydrogen-bond donors (Lipinski definition) is 2. The fourth-order valence-electron chi connectivity index (χ4n) is 2.18. The van der Waals surface area contributed by atoms with Gasteiger partial charge >= 0.3 is 18.2 Å². The number of nitrogens with zero attached hydrogens (tertiary/aromatic N) is 1. The van der Waals surface area contributed by atoms with Crippen molar-refractivity contribution in [2.45, 2.75) is 38.3 Å². The molecule has 8 heteroatoms. The molecule has 1 aliphatic heterocycles. The minimum absolute atomic E-state index is 0.00532. The molecule has 0 aromatic carbocycles. The Labute approximate surface area is 115 Å². The van der Waals surface area contributed by atoms with E-state index < -0.39 is 18.6 Å². The van der Waals surface area contributed by atoms with Gasteiger partial charge in [0.1, 0.15) is 0 Å². The van der Waals surface area contributed by atoms with Gasteiger partial charge in [-0.2, -0.15) is 13.2 Å². The van der Waals surface area contributed by atoms with Crippen LogP contribution in [0.4, 0.5) is 18.0 Å². The highest BCUT2D eigenvalue weighted by Gasteiger charge is 2.28. The zero-order valence-electron chi connectivity index (χ0n) is 11.1. The molecule has 0 aliphatic carbocycles. The number of halogens is 3. The standard InChI is InChI=1S/C12H19F3N2O3/c13-12(14,15)5-1-6-16-11(20)17-7-4-9(8-17)2-3-10(18)19/h9H,1-8H2,(H,16,20)(H,18,19). The summed E-state index contributed by atoms with van der Waals surface area (Å²) in [5.74, 6) is -0.702. The highest BCUT2D eigenvalue weighted by molar-refractivity contribution is 5.74. The van der Waals surface area contributed by atoms with Crippen molar-refractivity contribution in [1.29, 1.82) is 0 Å². The first-order valence-electron chi connectivity index (χ1n) is 6.59. The molecule has 1 saturated heterocycles. The maximum atomic E-state index is 11.9. The third-order valence-electron chi connectivity index (χ3n) is 3.25. The minimum atomic E-state index is -4.19. The van der Waals surface area contributed by atoms with Crippen molar-refractivity contribution in [3.63, 3.8) is 0 Å². The lowest BCUT2D eigenvalue weighted by molar-refractivity contribution is -0.137. The maximum absolute atomic E-state index is 11.9. The summed E-state index contributed by atoms with van der Waals surface area (Å²) in [7, 11) is 0. The smallest absolute Gasteiger partial charge is 0.389 e. The average molecular weight is 296 g/mol. The van der Waals surface area contributed by atoms with Crippen LogP contribution in [0.15, 0.2) is 0 Å². The van der Waals surface area contributed by atoms with E-state index >= 15 is 0 Å². The van der Waals surface area contributed by atoms with Gasteiger partial charge in [-0.25, -0.2) is 4.79 Å². The molecule has 116 valence electrons. The van der Waals surface area contributed by atoms with Gasteiger partial charge in [-0.3, -0.25) is 4.79 Å². The Morgan fingerprint density at radius 2 is 2.05 bits per heavy atom. The molecule has 0 radical (unpaired) electrons. The lowest BCUT2D eigenvalue weighted by Crippen LogP contribution is -2.39. The summed E-state index contributed by atoms with van der Waals surface area (Å²) >= 11 is 0. The first-order chi connectivity index (χ1) is 9.28. The number of carboxylic acids is 1. The SMILES string of the molecule is O=C(O)CCC1CCN(C(=O)NCCCC(F)(F)F)C1. The Bertz CT molecular complexity index is 347. The van der Waals surface area contributed by atoms with E-state index in [2.05, 4.69) is 5.32 Å². The van der Waals surface area contributed by atoms with Gasteiger partial charge in [0.25, 0.3) is 0 Å². The summed E-state index contributed by atoms with van der Waals surface area (Å²) in [4.78, 5) is 23.6. The number of carbonyl (C=O) groups excluding carboxylic acids is 1. The molecule has 0 saturated carbocycles. The molecule has 0 aromatic rings. The number of hydrogen-bond acceptors (Lipinski definition) is 2. The summed E-state index contributed by atoms with van der Waals surface area (Å²) < 4.78 is 35.7. The molecule has 20 heavy (non-hydrogen) atoms. The number of aliphatic carboxylic acids is 1. The third kappa shape index (κ3) is 6.63. The van der Waals surface area contributed by atoms with Crippen LogP contribution >= 0.6 is 0 Å². The third-order valence-corrected chi connectivity index (χ3v) is 3.25. The van der Waals surface area contributed by atoms with E-state index in [0.717, 1.165) is 6.42 Å². The van der Waals surface area contributed by atoms with Crippen LogP contribution < -0.4 is 5.32 Å². The highest BCUT2D eigenvalue weighted by atomic mass is 19.4. The summed E-state index contributed by atoms with van der Waals surface area (Å²) in [6.07, 6.45) is -3.90. The molecule has 0 aromatic heterocycles. The molecular weight excluding hydrogens is 277 g/mol. The predicted molar refractivity (Wildman–Crippen MR) is 65.2 cm³/mol. The fourth-order valence-corrected chi connectivity index (χ4v) is 2.18. The van der Waals surface area contributed by atoms with E-state index in [-0.39, 0.29) is 31.3 Å². The molecule has 1 unspecified atom stereocenters. The maximum Gasteiger partial charge on any atom is 0.389 e. The predicted octanol–water partition coefficient (Wildman–Crippen LogP) is 2.23. The molecule has 1 rings (SSSR count). The number of urea groups is 1. The van der Waals surface area contributed by atoms with Gasteiger partial charge in [-0.05, 0) is 25.2 Å². The number of nitrogens with one attached hydrogen (secondary N) is 1. The van der Waals surface area contributed by atoms with Crippen LogP contribution in [-0.2, 0) is 4.79 Å². The van der Waals surface area contributed by atoms with Gasteiger partial charge in [0.05, 0.1) is 0 Å². The van der Waals surface area contributed by atoms with Crippen molar-refractivity contribution in [3.05, 3.63) is 0 Å². The van der Waals surface area contributed by atoms with Crippen LogP contribution in [0.1, 0.15) is 32.1 Å². The topological polar surface area (TPSA) is 69.6 Å². The van der Waals surface area contributed by atoms with Crippen molar-refractivity contribution >= 4 is 12.0 Å². The Morgan fingerprint density at radius 1 is 1.35 bits per heavy atom. The monoisotopic (exact) mass is 296 g/mol. The second kappa shape index (κ2) is 7.35. The largest absolute Gasteiger partial charge is 0.481 e. The Hall–Kier alpha value is -1.47. The zero-order chi connectivity index (χ0) is 15.2. The fraction of sp³-hybridized carbons (Fsp3) is 0.833. The number of alkyl halides is 3. The number of rotatable bonds is 6. The molecule has 2 N–H and O–H groups in total. The van der Waals surface area contributed by atoms with E-state index in [1.54, 1.807) is 0 Å². The summed E-state index contributed by atoms with van der Waals surface area (Å²) in [5, 5.41) is 11.0. The molecule has 1 atom stereocenters. The zero-order valence-corrected chi connectivity index (χ0v) is 11.1.